The van der Waals surface area contributed by atoms with Crippen molar-refractivity contribution in [2.45, 2.75) is 0 Å². The van der Waals surface area contributed by atoms with Crippen molar-refractivity contribution in [2.75, 3.05) is 7.11 Å². The number of benzene rings is 1. The molecule has 0 saturated carbocycles. The summed E-state index contributed by atoms with van der Waals surface area (Å²) >= 11 is 0. The average molecular weight is 215 g/mol. The zero-order valence-corrected chi connectivity index (χ0v) is 8.23. The number of rotatable bonds is 2. The van der Waals surface area contributed by atoms with E-state index < -0.39 is 0 Å². The molecular weight excluding hydrogens is 206 g/mol. The predicted molar refractivity (Wildman–Crippen MR) is 47.2 cm³/mol. The fourth-order valence-electron chi connectivity index (χ4n) is 0.890. The van der Waals surface area contributed by atoms with Gasteiger partial charge >= 0.3 is 5.97 Å². The Morgan fingerprint density at radius 1 is 1.43 bits per heavy atom. The van der Waals surface area contributed by atoms with Crippen LogP contribution in [-0.2, 0) is 4.74 Å². The van der Waals surface area contributed by atoms with Gasteiger partial charge in [0.15, 0.2) is 0 Å². The van der Waals surface area contributed by atoms with Crippen LogP contribution in [0.4, 0.5) is 0 Å². The Morgan fingerprint density at radius 3 is 2.43 bits per heavy atom. The molecule has 1 rings (SSSR count). The number of hydrogen-bond acceptors (Lipinski definition) is 4. The molecular formula is C9H9ClNO3-. The van der Waals surface area contributed by atoms with Gasteiger partial charge in [-0.15, -0.1) is 0 Å². The van der Waals surface area contributed by atoms with Crippen molar-refractivity contribution in [2.24, 2.45) is 5.16 Å². The maximum Gasteiger partial charge on any atom is 0.337 e. The van der Waals surface area contributed by atoms with E-state index in [0.717, 1.165) is 5.56 Å². The number of nitrogens with zero attached hydrogens (tertiary/aromatic N) is 1. The topological polar surface area (TPSA) is 58.9 Å². The number of carbonyl (C=O) groups is 1. The molecule has 0 bridgehead atoms. The average Bonchev–Trinajstić information content (AvgIpc) is 2.18. The fourth-order valence-corrected chi connectivity index (χ4v) is 0.890. The molecule has 0 aliphatic rings. The summed E-state index contributed by atoms with van der Waals surface area (Å²) in [5.74, 6) is -0.382. The third-order valence-corrected chi connectivity index (χ3v) is 1.54. The minimum atomic E-state index is -0.382. The Labute approximate surface area is 87.6 Å². The van der Waals surface area contributed by atoms with Crippen molar-refractivity contribution < 1.29 is 27.1 Å². The highest BCUT2D eigenvalue weighted by molar-refractivity contribution is 5.90. The number of ether oxygens (including phenoxy) is 1. The van der Waals surface area contributed by atoms with Gasteiger partial charge in [-0.2, -0.15) is 0 Å². The highest BCUT2D eigenvalue weighted by atomic mass is 35.5. The SMILES string of the molecule is COC(=O)c1ccc(/C=N/O)cc1.[Cl-]. The van der Waals surface area contributed by atoms with Crippen LogP contribution in [0.5, 0.6) is 0 Å². The van der Waals surface area contributed by atoms with Gasteiger partial charge in [0.05, 0.1) is 18.9 Å². The summed E-state index contributed by atoms with van der Waals surface area (Å²) in [4.78, 5) is 11.0. The van der Waals surface area contributed by atoms with Gasteiger partial charge in [-0.25, -0.2) is 4.79 Å². The minimum absolute atomic E-state index is 0. The second-order valence-corrected chi connectivity index (χ2v) is 2.36. The molecule has 1 N–H and O–H groups in total. The number of carbonyl (C=O) groups excluding carboxylic acids is 1. The van der Waals surface area contributed by atoms with Crippen LogP contribution < -0.4 is 12.4 Å². The highest BCUT2D eigenvalue weighted by Crippen LogP contribution is 2.03. The summed E-state index contributed by atoms with van der Waals surface area (Å²) in [6.45, 7) is 0. The van der Waals surface area contributed by atoms with Crippen LogP contribution >= 0.6 is 0 Å². The summed E-state index contributed by atoms with van der Waals surface area (Å²) in [6, 6.07) is 6.52. The molecule has 0 radical (unpaired) electrons. The molecule has 0 saturated heterocycles. The van der Waals surface area contributed by atoms with Crippen molar-refractivity contribution in [3.8, 4) is 0 Å². The lowest BCUT2D eigenvalue weighted by Gasteiger charge is -1.98. The van der Waals surface area contributed by atoms with E-state index in [2.05, 4.69) is 9.89 Å². The van der Waals surface area contributed by atoms with Gasteiger partial charge in [0.1, 0.15) is 0 Å². The second kappa shape index (κ2) is 5.99. The summed E-state index contributed by atoms with van der Waals surface area (Å²) in [5.41, 5.74) is 1.19. The minimum Gasteiger partial charge on any atom is -1.00 e. The molecule has 0 heterocycles. The van der Waals surface area contributed by atoms with Gasteiger partial charge in [0.25, 0.3) is 0 Å². The molecule has 0 aromatic heterocycles. The van der Waals surface area contributed by atoms with Gasteiger partial charge in [0.2, 0.25) is 0 Å². The van der Waals surface area contributed by atoms with Gasteiger partial charge in [-0.05, 0) is 17.7 Å². The summed E-state index contributed by atoms with van der Waals surface area (Å²) < 4.78 is 4.51. The van der Waals surface area contributed by atoms with E-state index in [1.807, 2.05) is 0 Å². The van der Waals surface area contributed by atoms with Crippen LogP contribution in [0.1, 0.15) is 15.9 Å². The summed E-state index contributed by atoms with van der Waals surface area (Å²) in [5, 5.41) is 11.1. The molecule has 0 spiro atoms. The molecule has 4 nitrogen and oxygen atoms in total. The van der Waals surface area contributed by atoms with E-state index in [-0.39, 0.29) is 18.4 Å². The normalized spacial score (nSPS) is 9.50. The van der Waals surface area contributed by atoms with Gasteiger partial charge in [0, 0.05) is 0 Å². The Morgan fingerprint density at radius 2 is 2.00 bits per heavy atom. The monoisotopic (exact) mass is 214 g/mol. The third-order valence-electron chi connectivity index (χ3n) is 1.54. The van der Waals surface area contributed by atoms with E-state index in [1.54, 1.807) is 24.3 Å². The van der Waals surface area contributed by atoms with E-state index in [9.17, 15) is 4.79 Å². The molecule has 1 aromatic carbocycles. The lowest BCUT2D eigenvalue weighted by atomic mass is 10.1. The largest absolute Gasteiger partial charge is 1.00 e. The maximum absolute atomic E-state index is 11.0. The van der Waals surface area contributed by atoms with E-state index >= 15 is 0 Å². The molecule has 0 aliphatic carbocycles. The number of esters is 1. The van der Waals surface area contributed by atoms with Crippen LogP contribution in [0, 0.1) is 0 Å². The van der Waals surface area contributed by atoms with Gasteiger partial charge < -0.3 is 22.4 Å². The quantitative estimate of drug-likeness (QED) is 0.276. The first kappa shape index (κ1) is 12.4. The molecule has 0 aliphatic heterocycles. The highest BCUT2D eigenvalue weighted by Gasteiger charge is 2.02. The fraction of sp³-hybridized carbons (Fsp3) is 0.111. The Hall–Kier alpha value is -1.55. The Balaban J connectivity index is 0.00000169. The van der Waals surface area contributed by atoms with Crippen LogP contribution in [0.25, 0.3) is 0 Å². The zero-order chi connectivity index (χ0) is 9.68. The standard InChI is InChI=1S/C9H9NO3.ClH/c1-13-9(11)8-4-2-7(3-5-8)6-10-12;/h2-6,12H,1H3;1H/p-1/b10-6+;. The number of hydrogen-bond donors (Lipinski definition) is 1. The van der Waals surface area contributed by atoms with Crippen LogP contribution in [0.15, 0.2) is 29.4 Å². The summed E-state index contributed by atoms with van der Waals surface area (Å²) in [7, 11) is 1.32. The van der Waals surface area contributed by atoms with E-state index in [1.165, 1.54) is 13.3 Å². The van der Waals surface area contributed by atoms with Crippen molar-refractivity contribution in [3.05, 3.63) is 35.4 Å². The molecule has 0 amide bonds. The van der Waals surface area contributed by atoms with Gasteiger partial charge in [-0.3, -0.25) is 0 Å². The predicted octanol–water partition coefficient (Wildman–Crippen LogP) is -1.71. The first-order valence-electron chi connectivity index (χ1n) is 3.63. The van der Waals surface area contributed by atoms with Crippen LogP contribution in [-0.4, -0.2) is 24.5 Å². The second-order valence-electron chi connectivity index (χ2n) is 2.36. The van der Waals surface area contributed by atoms with Crippen molar-refractivity contribution >= 4 is 12.2 Å². The van der Waals surface area contributed by atoms with Gasteiger partial charge in [-0.1, -0.05) is 17.3 Å². The molecule has 5 heteroatoms. The lowest BCUT2D eigenvalue weighted by molar-refractivity contribution is -0.0000181. The molecule has 0 unspecified atom stereocenters. The lowest BCUT2D eigenvalue weighted by Crippen LogP contribution is -3.00. The Kier molecular flexibility index (Phi) is 5.33. The van der Waals surface area contributed by atoms with Crippen LogP contribution in [0.3, 0.4) is 0 Å². The number of oxime groups is 1. The van der Waals surface area contributed by atoms with Crippen molar-refractivity contribution in [3.63, 3.8) is 0 Å². The molecule has 76 valence electrons. The molecule has 14 heavy (non-hydrogen) atoms. The number of halogens is 1. The first-order valence-corrected chi connectivity index (χ1v) is 3.63. The molecule has 0 atom stereocenters. The van der Waals surface area contributed by atoms with E-state index in [0.29, 0.717) is 5.56 Å². The smallest absolute Gasteiger partial charge is 0.337 e. The maximum atomic E-state index is 11.0. The van der Waals surface area contributed by atoms with Crippen molar-refractivity contribution in [1.29, 1.82) is 0 Å². The third kappa shape index (κ3) is 3.06. The Bertz CT molecular complexity index is 321. The number of methoxy groups -OCH3 is 1. The van der Waals surface area contributed by atoms with Crippen LogP contribution in [0.2, 0.25) is 0 Å². The van der Waals surface area contributed by atoms with Crippen molar-refractivity contribution in [1.82, 2.24) is 0 Å². The molecule has 0 fully saturated rings. The molecule has 1 aromatic rings. The summed E-state index contributed by atoms with van der Waals surface area (Å²) in [6.07, 6.45) is 1.28. The zero-order valence-electron chi connectivity index (χ0n) is 7.48. The first-order chi connectivity index (χ1) is 6.27. The van der Waals surface area contributed by atoms with E-state index in [4.69, 9.17) is 5.21 Å².